The summed E-state index contributed by atoms with van der Waals surface area (Å²) in [5.74, 6) is 0.913. The molecular weight excluding hydrogens is 280 g/mol. The number of aromatic nitrogens is 2. The number of fused-ring (bicyclic) bond motifs is 1. The van der Waals surface area contributed by atoms with Gasteiger partial charge < -0.3 is 5.11 Å². The summed E-state index contributed by atoms with van der Waals surface area (Å²) in [5, 5.41) is 9.90. The number of aromatic hydroxyl groups is 1. The van der Waals surface area contributed by atoms with Crippen LogP contribution in [0.1, 0.15) is 0 Å². The van der Waals surface area contributed by atoms with Crippen LogP contribution in [0.2, 0.25) is 0 Å². The molecule has 2 heterocycles. The van der Waals surface area contributed by atoms with Crippen molar-refractivity contribution in [3.63, 3.8) is 0 Å². The molecule has 0 aliphatic rings. The van der Waals surface area contributed by atoms with Gasteiger partial charge in [-0.15, -0.1) is 0 Å². The summed E-state index contributed by atoms with van der Waals surface area (Å²) in [7, 11) is 0. The Hall–Kier alpha value is -1.81. The highest BCUT2D eigenvalue weighted by Crippen LogP contribution is 2.29. The lowest BCUT2D eigenvalue weighted by atomic mass is 10.2. The second-order valence-corrected chi connectivity index (χ2v) is 4.56. The molecule has 2 aromatic heterocycles. The number of halogens is 1. The standard InChI is InChI=1S/C13H9BrN2O/c14-11-6-2-1-5-10(11)13-15-8-9-4-3-7-12(17)16(9)13/h1-8,17H. The summed E-state index contributed by atoms with van der Waals surface area (Å²) in [6.07, 6.45) is 1.74. The second-order valence-electron chi connectivity index (χ2n) is 3.71. The summed E-state index contributed by atoms with van der Waals surface area (Å²) in [6.45, 7) is 0. The molecule has 0 aliphatic heterocycles. The molecule has 3 rings (SSSR count). The fourth-order valence-electron chi connectivity index (χ4n) is 1.86. The van der Waals surface area contributed by atoms with Crippen LogP contribution in [0.25, 0.3) is 16.9 Å². The highest BCUT2D eigenvalue weighted by atomic mass is 79.9. The molecule has 84 valence electrons. The molecule has 1 aromatic carbocycles. The SMILES string of the molecule is Oc1cccc2cnc(-c3ccccc3Br)n12. The van der Waals surface area contributed by atoms with Crippen LogP contribution in [0.4, 0.5) is 0 Å². The largest absolute Gasteiger partial charge is 0.494 e. The van der Waals surface area contributed by atoms with Crippen molar-refractivity contribution in [3.8, 4) is 17.3 Å². The molecule has 0 aliphatic carbocycles. The number of imidazole rings is 1. The van der Waals surface area contributed by atoms with Gasteiger partial charge in [0.05, 0.1) is 11.7 Å². The molecule has 0 bridgehead atoms. The lowest BCUT2D eigenvalue weighted by Crippen LogP contribution is -1.90. The maximum Gasteiger partial charge on any atom is 0.197 e. The maximum atomic E-state index is 9.90. The van der Waals surface area contributed by atoms with Crippen LogP contribution in [0, 0.1) is 0 Å². The van der Waals surface area contributed by atoms with Crippen LogP contribution >= 0.6 is 15.9 Å². The molecule has 0 amide bonds. The Morgan fingerprint density at radius 3 is 2.71 bits per heavy atom. The van der Waals surface area contributed by atoms with Crippen LogP contribution in [0.5, 0.6) is 5.88 Å². The number of hydrogen-bond acceptors (Lipinski definition) is 2. The van der Waals surface area contributed by atoms with Crippen LogP contribution in [0.3, 0.4) is 0 Å². The van der Waals surface area contributed by atoms with Crippen LogP contribution in [-0.4, -0.2) is 14.5 Å². The Balaban J connectivity index is 2.36. The molecule has 0 radical (unpaired) electrons. The second kappa shape index (κ2) is 3.89. The molecule has 0 spiro atoms. The lowest BCUT2D eigenvalue weighted by molar-refractivity contribution is 0.447. The van der Waals surface area contributed by atoms with Crippen molar-refractivity contribution in [1.82, 2.24) is 9.38 Å². The van der Waals surface area contributed by atoms with Gasteiger partial charge in [0.15, 0.2) is 5.88 Å². The molecule has 1 N–H and O–H groups in total. The van der Waals surface area contributed by atoms with E-state index in [1.807, 2.05) is 30.3 Å². The summed E-state index contributed by atoms with van der Waals surface area (Å²) in [5.41, 5.74) is 1.82. The summed E-state index contributed by atoms with van der Waals surface area (Å²) < 4.78 is 2.68. The number of pyridine rings is 1. The minimum atomic E-state index is 0.186. The fraction of sp³-hybridized carbons (Fsp3) is 0. The Labute approximate surface area is 106 Å². The third kappa shape index (κ3) is 1.61. The van der Waals surface area contributed by atoms with Gasteiger partial charge >= 0.3 is 0 Å². The van der Waals surface area contributed by atoms with Crippen molar-refractivity contribution in [3.05, 3.63) is 53.1 Å². The predicted molar refractivity (Wildman–Crippen MR) is 70.0 cm³/mol. The van der Waals surface area contributed by atoms with Crippen LogP contribution in [-0.2, 0) is 0 Å². The smallest absolute Gasteiger partial charge is 0.197 e. The van der Waals surface area contributed by atoms with Crippen molar-refractivity contribution in [2.75, 3.05) is 0 Å². The first kappa shape index (κ1) is 10.4. The van der Waals surface area contributed by atoms with E-state index in [-0.39, 0.29) is 5.88 Å². The molecule has 0 unspecified atom stereocenters. The maximum absolute atomic E-state index is 9.90. The third-order valence-electron chi connectivity index (χ3n) is 2.65. The average molecular weight is 289 g/mol. The molecular formula is C13H9BrN2O. The first-order valence-corrected chi connectivity index (χ1v) is 5.97. The van der Waals surface area contributed by atoms with E-state index < -0.39 is 0 Å². The van der Waals surface area contributed by atoms with Gasteiger partial charge in [-0.25, -0.2) is 4.98 Å². The van der Waals surface area contributed by atoms with Crippen LogP contribution in [0.15, 0.2) is 53.1 Å². The molecule has 0 atom stereocenters. The molecule has 0 saturated carbocycles. The Bertz CT molecular complexity index is 691. The molecule has 0 fully saturated rings. The average Bonchev–Trinajstić information content (AvgIpc) is 2.75. The van der Waals surface area contributed by atoms with E-state index in [1.54, 1.807) is 22.7 Å². The zero-order valence-electron chi connectivity index (χ0n) is 8.84. The first-order chi connectivity index (χ1) is 8.27. The fourth-order valence-corrected chi connectivity index (χ4v) is 2.33. The topological polar surface area (TPSA) is 37.5 Å². The van der Waals surface area contributed by atoms with E-state index in [2.05, 4.69) is 20.9 Å². The number of rotatable bonds is 1. The van der Waals surface area contributed by atoms with E-state index in [4.69, 9.17) is 0 Å². The molecule has 17 heavy (non-hydrogen) atoms. The molecule has 3 aromatic rings. The van der Waals surface area contributed by atoms with Gasteiger partial charge in [-0.3, -0.25) is 4.40 Å². The summed E-state index contributed by atoms with van der Waals surface area (Å²) in [6, 6.07) is 13.2. The zero-order chi connectivity index (χ0) is 11.8. The highest BCUT2D eigenvalue weighted by molar-refractivity contribution is 9.10. The van der Waals surface area contributed by atoms with Crippen molar-refractivity contribution < 1.29 is 5.11 Å². The van der Waals surface area contributed by atoms with E-state index >= 15 is 0 Å². The number of hydrogen-bond donors (Lipinski definition) is 1. The number of benzene rings is 1. The van der Waals surface area contributed by atoms with Crippen molar-refractivity contribution in [2.24, 2.45) is 0 Å². The lowest BCUT2D eigenvalue weighted by Gasteiger charge is -2.05. The normalized spacial score (nSPS) is 10.9. The molecule has 4 heteroatoms. The minimum absolute atomic E-state index is 0.186. The van der Waals surface area contributed by atoms with Gasteiger partial charge in [0.25, 0.3) is 0 Å². The van der Waals surface area contributed by atoms with Crippen molar-refractivity contribution in [2.45, 2.75) is 0 Å². The summed E-state index contributed by atoms with van der Waals surface area (Å²) in [4.78, 5) is 4.36. The van der Waals surface area contributed by atoms with Crippen molar-refractivity contribution >= 4 is 21.4 Å². The Kier molecular flexibility index (Phi) is 2.37. The van der Waals surface area contributed by atoms with Gasteiger partial charge in [0.1, 0.15) is 5.82 Å². The van der Waals surface area contributed by atoms with Crippen LogP contribution < -0.4 is 0 Å². The monoisotopic (exact) mass is 288 g/mol. The Morgan fingerprint density at radius 1 is 1.06 bits per heavy atom. The quantitative estimate of drug-likeness (QED) is 0.744. The molecule has 0 saturated heterocycles. The minimum Gasteiger partial charge on any atom is -0.494 e. The van der Waals surface area contributed by atoms with Gasteiger partial charge in [-0.05, 0) is 18.2 Å². The van der Waals surface area contributed by atoms with E-state index in [1.165, 1.54) is 0 Å². The molecule has 3 nitrogen and oxygen atoms in total. The van der Waals surface area contributed by atoms with E-state index in [0.29, 0.717) is 0 Å². The van der Waals surface area contributed by atoms with Gasteiger partial charge in [0, 0.05) is 10.0 Å². The van der Waals surface area contributed by atoms with Gasteiger partial charge in [-0.1, -0.05) is 40.2 Å². The third-order valence-corrected chi connectivity index (χ3v) is 3.34. The first-order valence-electron chi connectivity index (χ1n) is 5.18. The van der Waals surface area contributed by atoms with Gasteiger partial charge in [0.2, 0.25) is 0 Å². The van der Waals surface area contributed by atoms with E-state index in [9.17, 15) is 5.11 Å². The van der Waals surface area contributed by atoms with Gasteiger partial charge in [-0.2, -0.15) is 0 Å². The van der Waals surface area contributed by atoms with E-state index in [0.717, 1.165) is 21.4 Å². The predicted octanol–water partition coefficient (Wildman–Crippen LogP) is 3.47. The zero-order valence-corrected chi connectivity index (χ0v) is 10.4. The Morgan fingerprint density at radius 2 is 1.88 bits per heavy atom. The van der Waals surface area contributed by atoms with Crippen molar-refractivity contribution in [1.29, 1.82) is 0 Å². The number of nitrogens with zero attached hydrogens (tertiary/aromatic N) is 2. The highest BCUT2D eigenvalue weighted by Gasteiger charge is 2.11. The summed E-state index contributed by atoms with van der Waals surface area (Å²) >= 11 is 3.49.